The summed E-state index contributed by atoms with van der Waals surface area (Å²) in [4.78, 5) is 17.1. The maximum atomic E-state index is 12.2. The lowest BCUT2D eigenvalue weighted by molar-refractivity contribution is -0.143. The molecule has 1 saturated heterocycles. The van der Waals surface area contributed by atoms with Crippen molar-refractivity contribution in [3.05, 3.63) is 0 Å². The first-order valence-electron chi connectivity index (χ1n) is 10.1. The highest BCUT2D eigenvalue weighted by Gasteiger charge is 2.43. The van der Waals surface area contributed by atoms with Gasteiger partial charge in [-0.25, -0.2) is 0 Å². The third-order valence-electron chi connectivity index (χ3n) is 6.74. The van der Waals surface area contributed by atoms with Gasteiger partial charge in [-0.15, -0.1) is 0 Å². The average Bonchev–Trinajstić information content (AvgIpc) is 2.61. The van der Waals surface area contributed by atoms with Crippen molar-refractivity contribution in [2.45, 2.75) is 89.1 Å². The smallest absolute Gasteiger partial charge is 0.220 e. The summed E-state index contributed by atoms with van der Waals surface area (Å²) in [6.45, 7) is 6.09. The molecule has 2 saturated carbocycles. The molecule has 144 valence electrons. The van der Waals surface area contributed by atoms with E-state index >= 15 is 0 Å². The number of hydrogen-bond donors (Lipinski definition) is 0. The van der Waals surface area contributed by atoms with Gasteiger partial charge in [-0.2, -0.15) is 0 Å². The SMILES string of the molecule is COC1CC(CN2C[C@H](C)N(C(C)=O)C3CCCCC32)CC(OC)C1. The Balaban J connectivity index is 1.70. The van der Waals surface area contributed by atoms with Gasteiger partial charge >= 0.3 is 0 Å². The zero-order valence-electron chi connectivity index (χ0n) is 16.4. The molecule has 0 aromatic heterocycles. The highest BCUT2D eigenvalue weighted by atomic mass is 16.5. The quantitative estimate of drug-likeness (QED) is 0.780. The molecule has 25 heavy (non-hydrogen) atoms. The van der Waals surface area contributed by atoms with Gasteiger partial charge in [0.15, 0.2) is 0 Å². The number of rotatable bonds is 4. The van der Waals surface area contributed by atoms with Crippen molar-refractivity contribution in [3.8, 4) is 0 Å². The van der Waals surface area contributed by atoms with Gasteiger partial charge in [-0.3, -0.25) is 9.69 Å². The molecule has 0 bridgehead atoms. The Morgan fingerprint density at radius 2 is 1.60 bits per heavy atom. The zero-order valence-corrected chi connectivity index (χ0v) is 16.4. The molecule has 3 aliphatic rings. The lowest BCUT2D eigenvalue weighted by Crippen LogP contribution is -2.65. The maximum absolute atomic E-state index is 12.2. The predicted molar refractivity (Wildman–Crippen MR) is 98.5 cm³/mol. The van der Waals surface area contributed by atoms with Crippen LogP contribution in [0.15, 0.2) is 0 Å². The van der Waals surface area contributed by atoms with Gasteiger partial charge in [0.1, 0.15) is 0 Å². The summed E-state index contributed by atoms with van der Waals surface area (Å²) in [6, 6.07) is 1.27. The summed E-state index contributed by atoms with van der Waals surface area (Å²) in [6.07, 6.45) is 8.88. The van der Waals surface area contributed by atoms with E-state index in [1.807, 2.05) is 14.2 Å². The standard InChI is InChI=1S/C20H36N2O3/c1-14-12-21(13-16-9-17(24-3)11-18(10-16)25-4)19-7-5-6-8-20(19)22(14)15(2)23/h14,16-20H,5-13H2,1-4H3/t14-,16?,17?,18?,19?,20?/m0/s1. The largest absolute Gasteiger partial charge is 0.381 e. The Morgan fingerprint density at radius 3 is 2.16 bits per heavy atom. The van der Waals surface area contributed by atoms with Crippen LogP contribution in [0.5, 0.6) is 0 Å². The van der Waals surface area contributed by atoms with E-state index in [0.29, 0.717) is 36.3 Å². The number of piperazine rings is 1. The molecular formula is C20H36N2O3. The van der Waals surface area contributed by atoms with Crippen molar-refractivity contribution in [3.63, 3.8) is 0 Å². The molecule has 5 heteroatoms. The van der Waals surface area contributed by atoms with Crippen LogP contribution in [0.3, 0.4) is 0 Å². The monoisotopic (exact) mass is 352 g/mol. The number of carbonyl (C=O) groups excluding carboxylic acids is 1. The molecule has 2 aliphatic carbocycles. The van der Waals surface area contributed by atoms with Crippen molar-refractivity contribution in [2.75, 3.05) is 27.3 Å². The van der Waals surface area contributed by atoms with E-state index in [-0.39, 0.29) is 5.91 Å². The van der Waals surface area contributed by atoms with E-state index in [9.17, 15) is 4.79 Å². The molecule has 4 unspecified atom stereocenters. The molecule has 0 radical (unpaired) electrons. The minimum Gasteiger partial charge on any atom is -0.381 e. The molecule has 0 aromatic rings. The van der Waals surface area contributed by atoms with Crippen molar-refractivity contribution >= 4 is 5.91 Å². The van der Waals surface area contributed by atoms with Crippen molar-refractivity contribution in [2.24, 2.45) is 5.92 Å². The second kappa shape index (κ2) is 8.36. The molecule has 3 rings (SSSR count). The van der Waals surface area contributed by atoms with E-state index in [0.717, 1.165) is 38.8 Å². The topological polar surface area (TPSA) is 42.0 Å². The van der Waals surface area contributed by atoms with Crippen LogP contribution < -0.4 is 0 Å². The van der Waals surface area contributed by atoms with Crippen LogP contribution in [0.1, 0.15) is 58.8 Å². The van der Waals surface area contributed by atoms with Crippen LogP contribution in [0.4, 0.5) is 0 Å². The van der Waals surface area contributed by atoms with Crippen LogP contribution in [0.25, 0.3) is 0 Å². The lowest BCUT2D eigenvalue weighted by Gasteiger charge is -2.54. The highest BCUT2D eigenvalue weighted by molar-refractivity contribution is 5.74. The van der Waals surface area contributed by atoms with Gasteiger partial charge < -0.3 is 14.4 Å². The van der Waals surface area contributed by atoms with Gasteiger partial charge in [0.2, 0.25) is 5.91 Å². The minimum atomic E-state index is 0.251. The molecule has 5 atom stereocenters. The van der Waals surface area contributed by atoms with E-state index < -0.39 is 0 Å². The number of ether oxygens (including phenoxy) is 2. The number of methoxy groups -OCH3 is 2. The molecule has 0 N–H and O–H groups in total. The molecule has 0 aromatic carbocycles. The molecule has 1 heterocycles. The summed E-state index contributed by atoms with van der Waals surface area (Å²) < 4.78 is 11.3. The van der Waals surface area contributed by atoms with E-state index in [1.165, 1.54) is 19.3 Å². The molecule has 3 fully saturated rings. The summed E-state index contributed by atoms with van der Waals surface area (Å²) in [5, 5.41) is 0. The maximum Gasteiger partial charge on any atom is 0.220 e. The third kappa shape index (κ3) is 4.20. The second-order valence-electron chi connectivity index (χ2n) is 8.44. The number of hydrogen-bond acceptors (Lipinski definition) is 4. The Labute approximate surface area is 153 Å². The number of amides is 1. The van der Waals surface area contributed by atoms with Gasteiger partial charge in [-0.05, 0) is 44.9 Å². The van der Waals surface area contributed by atoms with Crippen LogP contribution in [-0.2, 0) is 14.3 Å². The van der Waals surface area contributed by atoms with Gasteiger partial charge in [-0.1, -0.05) is 12.8 Å². The van der Waals surface area contributed by atoms with Crippen molar-refractivity contribution in [1.82, 2.24) is 9.80 Å². The van der Waals surface area contributed by atoms with Crippen LogP contribution in [-0.4, -0.2) is 73.3 Å². The lowest BCUT2D eigenvalue weighted by atomic mass is 9.81. The Bertz CT molecular complexity index is 446. The van der Waals surface area contributed by atoms with E-state index in [4.69, 9.17) is 9.47 Å². The fourth-order valence-corrected chi connectivity index (χ4v) is 5.68. The fraction of sp³-hybridized carbons (Fsp3) is 0.950. The Hall–Kier alpha value is -0.650. The Morgan fingerprint density at radius 1 is 1.00 bits per heavy atom. The Kier molecular flexibility index (Phi) is 6.39. The zero-order chi connectivity index (χ0) is 18.0. The van der Waals surface area contributed by atoms with E-state index in [1.54, 1.807) is 6.92 Å². The highest BCUT2D eigenvalue weighted by Crippen LogP contribution is 2.35. The third-order valence-corrected chi connectivity index (χ3v) is 6.74. The van der Waals surface area contributed by atoms with Crippen molar-refractivity contribution < 1.29 is 14.3 Å². The van der Waals surface area contributed by atoms with E-state index in [2.05, 4.69) is 16.7 Å². The summed E-state index contributed by atoms with van der Waals surface area (Å²) in [5.74, 6) is 0.878. The average molecular weight is 353 g/mol. The van der Waals surface area contributed by atoms with Crippen molar-refractivity contribution in [1.29, 1.82) is 0 Å². The van der Waals surface area contributed by atoms with Gasteiger partial charge in [0.25, 0.3) is 0 Å². The summed E-state index contributed by atoms with van der Waals surface area (Å²) in [5.41, 5.74) is 0. The van der Waals surface area contributed by atoms with Gasteiger partial charge in [0, 0.05) is 52.4 Å². The summed E-state index contributed by atoms with van der Waals surface area (Å²) in [7, 11) is 3.65. The predicted octanol–water partition coefficient (Wildman–Crippen LogP) is 2.68. The summed E-state index contributed by atoms with van der Waals surface area (Å²) >= 11 is 0. The molecule has 1 aliphatic heterocycles. The number of nitrogens with zero attached hydrogens (tertiary/aromatic N) is 2. The normalized spacial score (nSPS) is 39.9. The van der Waals surface area contributed by atoms with Crippen LogP contribution in [0, 0.1) is 5.92 Å². The first kappa shape index (κ1) is 19.1. The fourth-order valence-electron chi connectivity index (χ4n) is 5.68. The first-order chi connectivity index (χ1) is 12.0. The molecule has 0 spiro atoms. The van der Waals surface area contributed by atoms with Gasteiger partial charge in [0.05, 0.1) is 12.2 Å². The molecular weight excluding hydrogens is 316 g/mol. The second-order valence-corrected chi connectivity index (χ2v) is 8.44. The first-order valence-corrected chi connectivity index (χ1v) is 10.1. The molecule has 1 amide bonds. The van der Waals surface area contributed by atoms with Crippen LogP contribution >= 0.6 is 0 Å². The minimum absolute atomic E-state index is 0.251. The molecule has 5 nitrogen and oxygen atoms in total. The number of carbonyl (C=O) groups is 1. The van der Waals surface area contributed by atoms with Crippen LogP contribution in [0.2, 0.25) is 0 Å². The number of fused-ring (bicyclic) bond motifs is 1.